The number of nitrogens with two attached hydrogens (primary N) is 1. The molecule has 0 fully saturated rings. The maximum absolute atomic E-state index is 5.45. The fourth-order valence-corrected chi connectivity index (χ4v) is 1.19. The normalized spacial score (nSPS) is 10.1. The van der Waals surface area contributed by atoms with Gasteiger partial charge in [-0.15, -0.1) is 0 Å². The predicted octanol–water partition coefficient (Wildman–Crippen LogP) is 1.07. The van der Waals surface area contributed by atoms with Crippen molar-refractivity contribution >= 4 is 0 Å². The smallest absolute Gasteiger partial charge is 0.211 e. The zero-order valence-corrected chi connectivity index (χ0v) is 8.86. The van der Waals surface area contributed by atoms with Crippen LogP contribution < -0.4 is 15.5 Å². The maximum Gasteiger partial charge on any atom is 0.211 e. The highest BCUT2D eigenvalue weighted by Crippen LogP contribution is 2.28. The van der Waals surface area contributed by atoms with Crippen LogP contribution in [-0.4, -0.2) is 20.8 Å². The van der Waals surface area contributed by atoms with E-state index in [1.54, 1.807) is 12.1 Å². The van der Waals surface area contributed by atoms with Gasteiger partial charge in [-0.1, -0.05) is 6.07 Å². The van der Waals surface area contributed by atoms with E-state index in [1.165, 1.54) is 14.2 Å². The van der Waals surface area contributed by atoms with Crippen molar-refractivity contribution < 1.29 is 19.6 Å². The van der Waals surface area contributed by atoms with Crippen LogP contribution in [0.2, 0.25) is 0 Å². The molecule has 0 radical (unpaired) electrons. The Morgan fingerprint density at radius 1 is 1.07 bits per heavy atom. The van der Waals surface area contributed by atoms with Gasteiger partial charge >= 0.3 is 0 Å². The summed E-state index contributed by atoms with van der Waals surface area (Å²) in [4.78, 5) is 19.0. The molecule has 0 unspecified atom stereocenters. The molecule has 5 nitrogen and oxygen atoms in total. The third-order valence-corrected chi connectivity index (χ3v) is 1.79. The molecule has 1 rings (SSSR count). The molecule has 0 saturated heterocycles. The largest absolute Gasteiger partial charge is 0.334 e. The second-order valence-electron chi connectivity index (χ2n) is 2.82. The summed E-state index contributed by atoms with van der Waals surface area (Å²) in [6.45, 7) is 0.580. The molecule has 0 aliphatic carbocycles. The fraction of sp³-hybridized carbons (Fsp3) is 0.400. The van der Waals surface area contributed by atoms with Gasteiger partial charge in [0.05, 0.1) is 14.2 Å². The summed E-state index contributed by atoms with van der Waals surface area (Å²) in [6, 6.07) is 5.43. The highest BCUT2D eigenvalue weighted by atomic mass is 17.2. The molecule has 0 amide bonds. The number of benzene rings is 1. The molecule has 1 aromatic carbocycles. The molecular formula is C10H15NO4. The van der Waals surface area contributed by atoms with Crippen LogP contribution in [0.25, 0.3) is 0 Å². The lowest BCUT2D eigenvalue weighted by molar-refractivity contribution is -0.201. The molecule has 84 valence electrons. The maximum atomic E-state index is 5.45. The Labute approximate surface area is 88.5 Å². The molecule has 0 aromatic heterocycles. The Hall–Kier alpha value is -1.30. The molecule has 0 saturated carbocycles. The van der Waals surface area contributed by atoms with E-state index in [-0.39, 0.29) is 0 Å². The van der Waals surface area contributed by atoms with E-state index >= 15 is 0 Å². The molecule has 0 heterocycles. The van der Waals surface area contributed by atoms with Crippen LogP contribution in [0.15, 0.2) is 18.2 Å². The van der Waals surface area contributed by atoms with Crippen molar-refractivity contribution in [2.24, 2.45) is 5.73 Å². The first-order valence-corrected chi connectivity index (χ1v) is 4.56. The van der Waals surface area contributed by atoms with Crippen LogP contribution in [0, 0.1) is 0 Å². The molecule has 0 aliphatic heterocycles. The van der Waals surface area contributed by atoms with Crippen molar-refractivity contribution in [1.29, 1.82) is 0 Å². The van der Waals surface area contributed by atoms with Gasteiger partial charge in [0.2, 0.25) is 11.5 Å². The molecule has 0 atom stereocenters. The molecule has 2 N–H and O–H groups in total. The topological polar surface area (TPSA) is 62.9 Å². The van der Waals surface area contributed by atoms with Crippen LogP contribution in [0.1, 0.15) is 5.56 Å². The highest BCUT2D eigenvalue weighted by Gasteiger charge is 2.08. The third kappa shape index (κ3) is 3.39. The number of hydrogen-bond acceptors (Lipinski definition) is 5. The number of hydrogen-bond donors (Lipinski definition) is 1. The van der Waals surface area contributed by atoms with Crippen LogP contribution >= 0.6 is 0 Å². The summed E-state index contributed by atoms with van der Waals surface area (Å²) >= 11 is 0. The van der Waals surface area contributed by atoms with Gasteiger partial charge in [-0.2, -0.15) is 9.78 Å². The first kappa shape index (κ1) is 11.8. The van der Waals surface area contributed by atoms with E-state index in [4.69, 9.17) is 15.5 Å². The summed E-state index contributed by atoms with van der Waals surface area (Å²) in [5.74, 6) is 0.922. The van der Waals surface area contributed by atoms with E-state index in [2.05, 4.69) is 9.78 Å². The first-order chi connectivity index (χ1) is 7.31. The molecule has 0 spiro atoms. The summed E-state index contributed by atoms with van der Waals surface area (Å²) < 4.78 is 0. The van der Waals surface area contributed by atoms with Gasteiger partial charge in [-0.3, -0.25) is 0 Å². The van der Waals surface area contributed by atoms with Gasteiger partial charge < -0.3 is 15.5 Å². The lowest BCUT2D eigenvalue weighted by atomic mass is 10.1. The van der Waals surface area contributed by atoms with E-state index in [0.717, 1.165) is 12.0 Å². The highest BCUT2D eigenvalue weighted by molar-refractivity contribution is 5.42. The van der Waals surface area contributed by atoms with Crippen molar-refractivity contribution in [3.05, 3.63) is 23.8 Å². The van der Waals surface area contributed by atoms with Gasteiger partial charge in [0, 0.05) is 0 Å². The lowest BCUT2D eigenvalue weighted by Crippen LogP contribution is -2.04. The minimum absolute atomic E-state index is 0.458. The zero-order chi connectivity index (χ0) is 11.1. The SMILES string of the molecule is COOc1ccc(CCN)cc1OOC. The Balaban J connectivity index is 2.87. The average Bonchev–Trinajstić information content (AvgIpc) is 2.23. The molecule has 1 aromatic rings. The Morgan fingerprint density at radius 3 is 2.33 bits per heavy atom. The van der Waals surface area contributed by atoms with Crippen molar-refractivity contribution in [1.82, 2.24) is 0 Å². The van der Waals surface area contributed by atoms with E-state index in [0.29, 0.717) is 18.0 Å². The van der Waals surface area contributed by atoms with Crippen LogP contribution in [0.3, 0.4) is 0 Å². The molecule has 15 heavy (non-hydrogen) atoms. The Bertz CT molecular complexity index is 303. The summed E-state index contributed by atoms with van der Waals surface area (Å²) in [5, 5.41) is 0. The Kier molecular flexibility index (Phi) is 4.89. The van der Waals surface area contributed by atoms with Crippen molar-refractivity contribution in [3.8, 4) is 11.5 Å². The molecular weight excluding hydrogens is 198 g/mol. The van der Waals surface area contributed by atoms with Crippen molar-refractivity contribution in [2.45, 2.75) is 6.42 Å². The molecule has 0 aliphatic rings. The predicted molar refractivity (Wildman–Crippen MR) is 54.5 cm³/mol. The van der Waals surface area contributed by atoms with Gasteiger partial charge in [0.25, 0.3) is 0 Å². The molecule has 0 bridgehead atoms. The third-order valence-electron chi connectivity index (χ3n) is 1.79. The van der Waals surface area contributed by atoms with E-state index < -0.39 is 0 Å². The fourth-order valence-electron chi connectivity index (χ4n) is 1.19. The number of rotatable bonds is 6. The second kappa shape index (κ2) is 6.23. The summed E-state index contributed by atoms with van der Waals surface area (Å²) in [7, 11) is 2.84. The van der Waals surface area contributed by atoms with Crippen LogP contribution in [-0.2, 0) is 16.2 Å². The summed E-state index contributed by atoms with van der Waals surface area (Å²) in [5.41, 5.74) is 6.50. The van der Waals surface area contributed by atoms with Crippen LogP contribution in [0.5, 0.6) is 11.5 Å². The average molecular weight is 213 g/mol. The van der Waals surface area contributed by atoms with Crippen molar-refractivity contribution in [2.75, 3.05) is 20.8 Å². The Morgan fingerprint density at radius 2 is 1.73 bits per heavy atom. The van der Waals surface area contributed by atoms with Gasteiger partial charge in [-0.05, 0) is 30.7 Å². The zero-order valence-electron chi connectivity index (χ0n) is 8.86. The van der Waals surface area contributed by atoms with Crippen molar-refractivity contribution in [3.63, 3.8) is 0 Å². The minimum Gasteiger partial charge on any atom is -0.334 e. The minimum atomic E-state index is 0.458. The van der Waals surface area contributed by atoms with Crippen LogP contribution in [0.4, 0.5) is 0 Å². The van der Waals surface area contributed by atoms with E-state index in [1.807, 2.05) is 6.07 Å². The standard InChI is InChI=1S/C10H15NO4/c1-12-14-9-4-3-8(5-6-11)7-10(9)15-13-2/h3-4,7H,5-6,11H2,1-2H3. The molecule has 5 heteroatoms. The van der Waals surface area contributed by atoms with E-state index in [9.17, 15) is 0 Å². The van der Waals surface area contributed by atoms with Gasteiger partial charge in [0.1, 0.15) is 0 Å². The van der Waals surface area contributed by atoms with Gasteiger partial charge in [0.15, 0.2) is 0 Å². The first-order valence-electron chi connectivity index (χ1n) is 4.56. The quantitative estimate of drug-likeness (QED) is 0.565. The van der Waals surface area contributed by atoms with Gasteiger partial charge in [-0.25, -0.2) is 0 Å². The second-order valence-corrected chi connectivity index (χ2v) is 2.82. The lowest BCUT2D eigenvalue weighted by Gasteiger charge is -2.08. The monoisotopic (exact) mass is 213 g/mol. The summed E-state index contributed by atoms with van der Waals surface area (Å²) in [6.07, 6.45) is 0.771.